The second kappa shape index (κ2) is 5.44. The molecule has 2 rings (SSSR count). The van der Waals surface area contributed by atoms with Crippen molar-refractivity contribution in [3.8, 4) is 0 Å². The van der Waals surface area contributed by atoms with E-state index in [9.17, 15) is 9.59 Å². The minimum Gasteiger partial charge on any atom is -0.481 e. The summed E-state index contributed by atoms with van der Waals surface area (Å²) in [6.45, 7) is 0.788. The molecule has 2 N–H and O–H groups in total. The predicted molar refractivity (Wildman–Crippen MR) is 63.0 cm³/mol. The van der Waals surface area contributed by atoms with Crippen molar-refractivity contribution in [3.63, 3.8) is 0 Å². The summed E-state index contributed by atoms with van der Waals surface area (Å²) in [5.41, 5.74) is 0. The fourth-order valence-electron chi connectivity index (χ4n) is 1.90. The van der Waals surface area contributed by atoms with Gasteiger partial charge in [0.05, 0.1) is 5.92 Å². The van der Waals surface area contributed by atoms with Gasteiger partial charge in [-0.25, -0.2) is 14.8 Å². The summed E-state index contributed by atoms with van der Waals surface area (Å²) in [6, 6.07) is 1.30. The number of likely N-dealkylation sites (tertiary alicyclic amines) is 1. The lowest BCUT2D eigenvalue weighted by atomic mass is 9.99. The van der Waals surface area contributed by atoms with Crippen LogP contribution in [0.4, 0.5) is 10.7 Å². The summed E-state index contributed by atoms with van der Waals surface area (Å²) < 4.78 is 0. The lowest BCUT2D eigenvalue weighted by molar-refractivity contribution is -0.143. The molecule has 18 heavy (non-hydrogen) atoms. The van der Waals surface area contributed by atoms with E-state index in [1.807, 2.05) is 0 Å². The number of piperidine rings is 1. The zero-order valence-electron chi connectivity index (χ0n) is 9.74. The van der Waals surface area contributed by atoms with Gasteiger partial charge in [0.1, 0.15) is 0 Å². The smallest absolute Gasteiger partial charge is 0.324 e. The monoisotopic (exact) mass is 250 g/mol. The van der Waals surface area contributed by atoms with Gasteiger partial charge in [-0.3, -0.25) is 10.1 Å². The van der Waals surface area contributed by atoms with Crippen LogP contribution in [0.2, 0.25) is 0 Å². The number of hydrogen-bond donors (Lipinski definition) is 2. The Kier molecular flexibility index (Phi) is 3.71. The number of carbonyl (C=O) groups is 2. The van der Waals surface area contributed by atoms with Crippen molar-refractivity contribution in [1.82, 2.24) is 14.9 Å². The van der Waals surface area contributed by atoms with Crippen molar-refractivity contribution in [2.75, 3.05) is 18.4 Å². The predicted octanol–water partition coefficient (Wildman–Crippen LogP) is 0.805. The van der Waals surface area contributed by atoms with Crippen molar-refractivity contribution in [3.05, 3.63) is 18.5 Å². The van der Waals surface area contributed by atoms with Crippen LogP contribution in [-0.2, 0) is 4.79 Å². The van der Waals surface area contributed by atoms with Crippen molar-refractivity contribution >= 4 is 17.9 Å². The van der Waals surface area contributed by atoms with E-state index in [4.69, 9.17) is 5.11 Å². The van der Waals surface area contributed by atoms with Gasteiger partial charge in [0.15, 0.2) is 0 Å². The molecule has 0 aliphatic carbocycles. The Bertz CT molecular complexity index is 437. The number of urea groups is 1. The molecule has 7 heteroatoms. The number of nitrogens with one attached hydrogen (secondary N) is 1. The van der Waals surface area contributed by atoms with Gasteiger partial charge in [0.25, 0.3) is 0 Å². The molecular weight excluding hydrogens is 236 g/mol. The van der Waals surface area contributed by atoms with Crippen molar-refractivity contribution in [2.45, 2.75) is 12.8 Å². The number of carboxylic acid groups (broad SMARTS) is 1. The molecule has 2 heterocycles. The van der Waals surface area contributed by atoms with Crippen LogP contribution >= 0.6 is 0 Å². The molecule has 0 aromatic carbocycles. The SMILES string of the molecule is O=C(O)[C@H]1CCCN(C(=O)Nc2ncccn2)C1. The highest BCUT2D eigenvalue weighted by molar-refractivity contribution is 5.87. The van der Waals surface area contributed by atoms with Gasteiger partial charge in [-0.05, 0) is 18.9 Å². The molecular formula is C11H14N4O3. The molecule has 0 spiro atoms. The number of hydrogen-bond acceptors (Lipinski definition) is 4. The maximum atomic E-state index is 11.9. The molecule has 1 fully saturated rings. The molecule has 1 aromatic rings. The second-order valence-corrected chi connectivity index (χ2v) is 4.13. The highest BCUT2D eigenvalue weighted by Crippen LogP contribution is 2.17. The first kappa shape index (κ1) is 12.3. The highest BCUT2D eigenvalue weighted by Gasteiger charge is 2.28. The Morgan fingerprint density at radius 2 is 2.11 bits per heavy atom. The Morgan fingerprint density at radius 3 is 2.78 bits per heavy atom. The quantitative estimate of drug-likeness (QED) is 0.809. The summed E-state index contributed by atoms with van der Waals surface area (Å²) in [5.74, 6) is -1.12. The Morgan fingerprint density at radius 1 is 1.39 bits per heavy atom. The molecule has 7 nitrogen and oxygen atoms in total. The Hall–Kier alpha value is -2.18. The molecule has 1 aliphatic heterocycles. The summed E-state index contributed by atoms with van der Waals surface area (Å²) in [5, 5.41) is 11.5. The first-order valence-electron chi connectivity index (χ1n) is 5.72. The van der Waals surface area contributed by atoms with Gasteiger partial charge in [-0.2, -0.15) is 0 Å². The van der Waals surface area contributed by atoms with Gasteiger partial charge >= 0.3 is 12.0 Å². The minimum atomic E-state index is -0.858. The zero-order chi connectivity index (χ0) is 13.0. The summed E-state index contributed by atoms with van der Waals surface area (Å²) in [6.07, 6.45) is 4.36. The van der Waals surface area contributed by atoms with E-state index in [0.717, 1.165) is 0 Å². The van der Waals surface area contributed by atoms with Crippen LogP contribution in [0.3, 0.4) is 0 Å². The number of carboxylic acids is 1. The number of anilines is 1. The van der Waals surface area contributed by atoms with Gasteiger partial charge in [0, 0.05) is 25.5 Å². The van der Waals surface area contributed by atoms with E-state index >= 15 is 0 Å². The Labute approximate surface area is 104 Å². The van der Waals surface area contributed by atoms with Crippen molar-refractivity contribution in [1.29, 1.82) is 0 Å². The molecule has 0 saturated carbocycles. The number of rotatable bonds is 2. The van der Waals surface area contributed by atoms with Crippen LogP contribution in [0.1, 0.15) is 12.8 Å². The van der Waals surface area contributed by atoms with Crippen LogP contribution in [-0.4, -0.2) is 45.1 Å². The highest BCUT2D eigenvalue weighted by atomic mass is 16.4. The molecule has 1 saturated heterocycles. The molecule has 1 atom stereocenters. The number of carbonyl (C=O) groups excluding carboxylic acids is 1. The van der Waals surface area contributed by atoms with Gasteiger partial charge in [-0.1, -0.05) is 0 Å². The van der Waals surface area contributed by atoms with Crippen molar-refractivity contribution in [2.24, 2.45) is 5.92 Å². The normalized spacial score (nSPS) is 19.3. The number of nitrogens with zero attached hydrogens (tertiary/aromatic N) is 3. The standard InChI is InChI=1S/C11H14N4O3/c16-9(17)8-3-1-6-15(7-8)11(18)14-10-12-4-2-5-13-10/h2,4-5,8H,1,3,6-7H2,(H,16,17)(H,12,13,14,18)/t8-/m0/s1. The van der Waals surface area contributed by atoms with Crippen LogP contribution in [0, 0.1) is 5.92 Å². The first-order valence-corrected chi connectivity index (χ1v) is 5.72. The van der Waals surface area contributed by atoms with Gasteiger partial charge < -0.3 is 10.0 Å². The largest absolute Gasteiger partial charge is 0.481 e. The van der Waals surface area contributed by atoms with E-state index in [0.29, 0.717) is 19.4 Å². The Balaban J connectivity index is 1.95. The van der Waals surface area contributed by atoms with E-state index < -0.39 is 11.9 Å². The molecule has 1 aliphatic rings. The van der Waals surface area contributed by atoms with Crippen LogP contribution in [0.15, 0.2) is 18.5 Å². The summed E-state index contributed by atoms with van der Waals surface area (Å²) in [7, 11) is 0. The van der Waals surface area contributed by atoms with Gasteiger partial charge in [0.2, 0.25) is 5.95 Å². The van der Waals surface area contributed by atoms with E-state index in [1.54, 1.807) is 6.07 Å². The maximum Gasteiger partial charge on any atom is 0.324 e. The summed E-state index contributed by atoms with van der Waals surface area (Å²) >= 11 is 0. The van der Waals surface area contributed by atoms with Crippen molar-refractivity contribution < 1.29 is 14.7 Å². The van der Waals surface area contributed by atoms with E-state index in [2.05, 4.69) is 15.3 Å². The molecule has 2 amide bonds. The van der Waals surface area contributed by atoms with E-state index in [-0.39, 0.29) is 18.5 Å². The number of aromatic nitrogens is 2. The molecule has 0 bridgehead atoms. The average Bonchev–Trinajstić information content (AvgIpc) is 2.40. The molecule has 96 valence electrons. The van der Waals surface area contributed by atoms with Crippen LogP contribution in [0.25, 0.3) is 0 Å². The molecule has 0 unspecified atom stereocenters. The fraction of sp³-hybridized carbons (Fsp3) is 0.455. The maximum absolute atomic E-state index is 11.9. The molecule has 1 aromatic heterocycles. The van der Waals surface area contributed by atoms with Gasteiger partial charge in [-0.15, -0.1) is 0 Å². The molecule has 0 radical (unpaired) electrons. The second-order valence-electron chi connectivity index (χ2n) is 4.13. The topological polar surface area (TPSA) is 95.4 Å². The third kappa shape index (κ3) is 2.93. The minimum absolute atomic E-state index is 0.222. The lowest BCUT2D eigenvalue weighted by Crippen LogP contribution is -2.44. The number of amides is 2. The lowest BCUT2D eigenvalue weighted by Gasteiger charge is -2.30. The zero-order valence-corrected chi connectivity index (χ0v) is 9.74. The fourth-order valence-corrected chi connectivity index (χ4v) is 1.90. The van der Waals surface area contributed by atoms with Crippen LogP contribution < -0.4 is 5.32 Å². The average molecular weight is 250 g/mol. The van der Waals surface area contributed by atoms with E-state index in [1.165, 1.54) is 17.3 Å². The number of aliphatic carboxylic acids is 1. The third-order valence-electron chi connectivity index (χ3n) is 2.84. The third-order valence-corrected chi connectivity index (χ3v) is 2.84. The summed E-state index contributed by atoms with van der Waals surface area (Å²) in [4.78, 5) is 32.0. The van der Waals surface area contributed by atoms with Crippen LogP contribution in [0.5, 0.6) is 0 Å². The first-order chi connectivity index (χ1) is 8.66.